The van der Waals surface area contributed by atoms with Crippen LogP contribution in [-0.2, 0) is 6.54 Å². The zero-order valence-electron chi connectivity index (χ0n) is 10.2. The van der Waals surface area contributed by atoms with Crippen LogP contribution in [0.3, 0.4) is 0 Å². The molecule has 0 spiro atoms. The maximum absolute atomic E-state index is 5.98. The molecule has 2 heterocycles. The Morgan fingerprint density at radius 1 is 1.44 bits per heavy atom. The first-order valence-corrected chi connectivity index (χ1v) is 6.50. The first-order valence-electron chi connectivity index (χ1n) is 6.13. The van der Waals surface area contributed by atoms with Crippen molar-refractivity contribution < 1.29 is 0 Å². The summed E-state index contributed by atoms with van der Waals surface area (Å²) in [6.07, 6.45) is 6.27. The second kappa shape index (κ2) is 4.71. The lowest BCUT2D eigenvalue weighted by atomic mass is 10.3. The Morgan fingerprint density at radius 2 is 2.28 bits per heavy atom. The van der Waals surface area contributed by atoms with Gasteiger partial charge in [-0.2, -0.15) is 5.10 Å². The van der Waals surface area contributed by atoms with Crippen LogP contribution in [0, 0.1) is 6.92 Å². The molecule has 4 nitrogen and oxygen atoms in total. The number of hydrogen-bond acceptors (Lipinski definition) is 3. The van der Waals surface area contributed by atoms with Gasteiger partial charge in [0, 0.05) is 18.8 Å². The van der Waals surface area contributed by atoms with Gasteiger partial charge in [0.2, 0.25) is 0 Å². The number of nitrogens with zero attached hydrogens (tertiary/aromatic N) is 3. The van der Waals surface area contributed by atoms with Crippen molar-refractivity contribution in [2.75, 3.05) is 0 Å². The molecule has 0 radical (unpaired) electrons. The molecule has 0 saturated heterocycles. The van der Waals surface area contributed by atoms with Gasteiger partial charge in [-0.1, -0.05) is 17.7 Å². The van der Waals surface area contributed by atoms with Crippen LogP contribution in [0.5, 0.6) is 0 Å². The monoisotopic (exact) mass is 262 g/mol. The summed E-state index contributed by atoms with van der Waals surface area (Å²) in [5, 5.41) is 8.43. The number of nitrogens with one attached hydrogen (secondary N) is 1. The maximum atomic E-state index is 5.98. The molecule has 0 aromatic carbocycles. The normalized spacial score (nSPS) is 15.0. The largest absolute Gasteiger partial charge is 0.310 e. The third kappa shape index (κ3) is 2.54. The maximum Gasteiger partial charge on any atom is 0.153 e. The molecule has 1 aliphatic rings. The van der Waals surface area contributed by atoms with Gasteiger partial charge in [0.1, 0.15) is 0 Å². The first-order chi connectivity index (χ1) is 8.72. The van der Waals surface area contributed by atoms with E-state index in [4.69, 9.17) is 11.6 Å². The molecule has 0 amide bonds. The SMILES string of the molecule is Cc1nn(-c2ccc(CNC3CC3)cn2)cc1Cl. The molecule has 1 aliphatic carbocycles. The highest BCUT2D eigenvalue weighted by atomic mass is 35.5. The fraction of sp³-hybridized carbons (Fsp3) is 0.385. The van der Waals surface area contributed by atoms with Crippen molar-refractivity contribution in [2.45, 2.75) is 32.4 Å². The summed E-state index contributed by atoms with van der Waals surface area (Å²) in [4.78, 5) is 4.40. The van der Waals surface area contributed by atoms with Crippen LogP contribution in [0.25, 0.3) is 5.82 Å². The van der Waals surface area contributed by atoms with E-state index in [9.17, 15) is 0 Å². The van der Waals surface area contributed by atoms with Gasteiger partial charge in [-0.25, -0.2) is 9.67 Å². The van der Waals surface area contributed by atoms with Crippen LogP contribution in [0.4, 0.5) is 0 Å². The number of halogens is 1. The predicted molar refractivity (Wildman–Crippen MR) is 71.0 cm³/mol. The van der Waals surface area contributed by atoms with Crippen molar-refractivity contribution in [1.29, 1.82) is 0 Å². The van der Waals surface area contributed by atoms with Crippen LogP contribution in [0.15, 0.2) is 24.5 Å². The van der Waals surface area contributed by atoms with E-state index in [1.54, 1.807) is 10.9 Å². The van der Waals surface area contributed by atoms with Crippen molar-refractivity contribution >= 4 is 11.6 Å². The number of aryl methyl sites for hydroxylation is 1. The molecule has 1 saturated carbocycles. The summed E-state index contributed by atoms with van der Waals surface area (Å²) in [7, 11) is 0. The highest BCUT2D eigenvalue weighted by Gasteiger charge is 2.19. The minimum absolute atomic E-state index is 0.663. The summed E-state index contributed by atoms with van der Waals surface area (Å²) >= 11 is 5.98. The lowest BCUT2D eigenvalue weighted by molar-refractivity contribution is 0.685. The smallest absolute Gasteiger partial charge is 0.153 e. The first kappa shape index (κ1) is 11.7. The van der Waals surface area contributed by atoms with Crippen molar-refractivity contribution in [3.8, 4) is 5.82 Å². The number of pyridine rings is 1. The topological polar surface area (TPSA) is 42.7 Å². The zero-order chi connectivity index (χ0) is 12.5. The van der Waals surface area contributed by atoms with Crippen LogP contribution in [-0.4, -0.2) is 20.8 Å². The fourth-order valence-electron chi connectivity index (χ4n) is 1.76. The fourth-order valence-corrected chi connectivity index (χ4v) is 1.89. The molecular formula is C13H15ClN4. The van der Waals surface area contributed by atoms with E-state index >= 15 is 0 Å². The summed E-state index contributed by atoms with van der Waals surface area (Å²) < 4.78 is 1.70. The Bertz CT molecular complexity index is 523. The minimum Gasteiger partial charge on any atom is -0.310 e. The van der Waals surface area contributed by atoms with E-state index in [0.717, 1.165) is 24.1 Å². The number of rotatable bonds is 4. The highest BCUT2D eigenvalue weighted by molar-refractivity contribution is 6.31. The molecule has 2 aromatic rings. The summed E-state index contributed by atoms with van der Waals surface area (Å²) in [6.45, 7) is 2.77. The molecule has 5 heteroatoms. The van der Waals surface area contributed by atoms with Gasteiger partial charge >= 0.3 is 0 Å². The van der Waals surface area contributed by atoms with E-state index in [1.807, 2.05) is 19.2 Å². The van der Waals surface area contributed by atoms with Gasteiger partial charge in [0.25, 0.3) is 0 Å². The van der Waals surface area contributed by atoms with Gasteiger partial charge in [-0.3, -0.25) is 0 Å². The lowest BCUT2D eigenvalue weighted by Crippen LogP contribution is -2.15. The predicted octanol–water partition coefficient (Wildman–Crippen LogP) is 2.48. The minimum atomic E-state index is 0.663. The average Bonchev–Trinajstić information content (AvgIpc) is 3.14. The molecule has 2 aromatic heterocycles. The Hall–Kier alpha value is -1.39. The quantitative estimate of drug-likeness (QED) is 0.921. The molecule has 0 aliphatic heterocycles. The molecule has 1 N–H and O–H groups in total. The molecule has 1 fully saturated rings. The Balaban J connectivity index is 1.73. The van der Waals surface area contributed by atoms with Crippen molar-refractivity contribution in [1.82, 2.24) is 20.1 Å². The van der Waals surface area contributed by atoms with E-state index < -0.39 is 0 Å². The van der Waals surface area contributed by atoms with Crippen LogP contribution in [0.1, 0.15) is 24.1 Å². The number of aromatic nitrogens is 3. The summed E-state index contributed by atoms with van der Waals surface area (Å²) in [5.74, 6) is 0.792. The summed E-state index contributed by atoms with van der Waals surface area (Å²) in [5.41, 5.74) is 2.01. The van der Waals surface area contributed by atoms with Crippen molar-refractivity contribution in [3.05, 3.63) is 40.8 Å². The second-order valence-electron chi connectivity index (χ2n) is 4.69. The van der Waals surface area contributed by atoms with Gasteiger partial charge in [-0.15, -0.1) is 0 Å². The van der Waals surface area contributed by atoms with Gasteiger partial charge < -0.3 is 5.32 Å². The summed E-state index contributed by atoms with van der Waals surface area (Å²) in [6, 6.07) is 4.76. The van der Waals surface area contributed by atoms with Crippen LogP contribution < -0.4 is 5.32 Å². The Kier molecular flexibility index (Phi) is 3.06. The molecule has 3 rings (SSSR count). The van der Waals surface area contributed by atoms with Gasteiger partial charge in [-0.05, 0) is 31.4 Å². The van der Waals surface area contributed by atoms with Crippen molar-refractivity contribution in [2.24, 2.45) is 0 Å². The van der Waals surface area contributed by atoms with Crippen molar-refractivity contribution in [3.63, 3.8) is 0 Å². The molecule has 18 heavy (non-hydrogen) atoms. The zero-order valence-corrected chi connectivity index (χ0v) is 11.0. The highest BCUT2D eigenvalue weighted by Crippen LogP contribution is 2.19. The molecule has 0 atom stereocenters. The van der Waals surface area contributed by atoms with E-state index in [0.29, 0.717) is 5.02 Å². The lowest BCUT2D eigenvalue weighted by Gasteiger charge is -2.04. The van der Waals surface area contributed by atoms with Crippen LogP contribution in [0.2, 0.25) is 5.02 Å². The Morgan fingerprint density at radius 3 is 2.83 bits per heavy atom. The number of hydrogen-bond donors (Lipinski definition) is 1. The van der Waals surface area contributed by atoms with Gasteiger partial charge in [0.15, 0.2) is 5.82 Å². The Labute approximate surface area is 111 Å². The van der Waals surface area contributed by atoms with Crippen LogP contribution >= 0.6 is 11.6 Å². The van der Waals surface area contributed by atoms with Gasteiger partial charge in [0.05, 0.1) is 16.9 Å². The van der Waals surface area contributed by atoms with E-state index in [2.05, 4.69) is 21.5 Å². The van der Waals surface area contributed by atoms with E-state index in [1.165, 1.54) is 18.4 Å². The second-order valence-corrected chi connectivity index (χ2v) is 5.09. The average molecular weight is 263 g/mol. The third-order valence-corrected chi connectivity index (χ3v) is 3.43. The standard InChI is InChI=1S/C13H15ClN4/c1-9-12(14)8-18(17-9)13-5-2-10(7-16-13)6-15-11-3-4-11/h2,5,7-8,11,15H,3-4,6H2,1H3. The molecule has 0 unspecified atom stereocenters. The van der Waals surface area contributed by atoms with E-state index in [-0.39, 0.29) is 0 Å². The molecular weight excluding hydrogens is 248 g/mol. The molecule has 0 bridgehead atoms. The molecule has 94 valence electrons. The third-order valence-electron chi connectivity index (χ3n) is 3.06.